The number of rotatable bonds is 5. The molecule has 1 atom stereocenters. The minimum Gasteiger partial charge on any atom is -0.480 e. The van der Waals surface area contributed by atoms with E-state index in [1.807, 2.05) is 13.0 Å². The van der Waals surface area contributed by atoms with Crippen molar-refractivity contribution in [3.05, 3.63) is 12.2 Å². The van der Waals surface area contributed by atoms with Crippen molar-refractivity contribution in [3.8, 4) is 0 Å². The van der Waals surface area contributed by atoms with Crippen molar-refractivity contribution in [2.45, 2.75) is 13.0 Å². The highest BCUT2D eigenvalue weighted by Crippen LogP contribution is 1.81. The lowest BCUT2D eigenvalue weighted by Crippen LogP contribution is -2.39. The minimum atomic E-state index is -1.03. The molecule has 0 unspecified atom stereocenters. The lowest BCUT2D eigenvalue weighted by molar-refractivity contribution is -0.140. The highest BCUT2D eigenvalue weighted by molar-refractivity contribution is 5.73. The zero-order valence-corrected chi connectivity index (χ0v) is 6.45. The molecule has 0 aromatic rings. The average Bonchev–Trinajstić information content (AvgIpc) is 1.97. The van der Waals surface area contributed by atoms with Crippen molar-refractivity contribution in [2.24, 2.45) is 0 Å². The summed E-state index contributed by atoms with van der Waals surface area (Å²) in [6.45, 7) is 1.93. The Bertz CT molecular complexity index is 145. The highest BCUT2D eigenvalue weighted by Gasteiger charge is 2.13. The first-order chi connectivity index (χ1) is 5.22. The Kier molecular flexibility index (Phi) is 5.42. The van der Waals surface area contributed by atoms with Gasteiger partial charge in [-0.05, 0) is 6.92 Å². The number of aliphatic carboxylic acids is 1. The van der Waals surface area contributed by atoms with Crippen LogP contribution in [0.1, 0.15) is 6.92 Å². The maximum atomic E-state index is 10.3. The molecular formula is C7H13NO3. The van der Waals surface area contributed by atoms with Gasteiger partial charge in [-0.2, -0.15) is 0 Å². The Morgan fingerprint density at radius 3 is 2.73 bits per heavy atom. The van der Waals surface area contributed by atoms with E-state index in [1.165, 1.54) is 0 Å². The normalized spacial score (nSPS) is 13.6. The maximum absolute atomic E-state index is 10.3. The van der Waals surface area contributed by atoms with Crippen LogP contribution in [-0.4, -0.2) is 35.4 Å². The number of aliphatic hydroxyl groups is 1. The van der Waals surface area contributed by atoms with Gasteiger partial charge in [0.2, 0.25) is 0 Å². The molecule has 0 aromatic heterocycles. The van der Waals surface area contributed by atoms with Gasteiger partial charge in [-0.1, -0.05) is 12.2 Å². The molecule has 0 heterocycles. The summed E-state index contributed by atoms with van der Waals surface area (Å²) in [4.78, 5) is 10.3. The molecule has 0 saturated carbocycles. The molecule has 0 aromatic carbocycles. The van der Waals surface area contributed by atoms with Crippen LogP contribution in [0.5, 0.6) is 0 Å². The average molecular weight is 159 g/mol. The van der Waals surface area contributed by atoms with Crippen molar-refractivity contribution in [3.63, 3.8) is 0 Å². The topological polar surface area (TPSA) is 69.6 Å². The first-order valence-corrected chi connectivity index (χ1v) is 3.40. The molecular weight excluding hydrogens is 146 g/mol. The fraction of sp³-hybridized carbons (Fsp3) is 0.571. The molecule has 0 spiro atoms. The quantitative estimate of drug-likeness (QED) is 0.477. The summed E-state index contributed by atoms with van der Waals surface area (Å²) < 4.78 is 0. The number of allylic oxidation sites excluding steroid dienone is 1. The lowest BCUT2D eigenvalue weighted by Gasteiger charge is -2.08. The summed E-state index contributed by atoms with van der Waals surface area (Å²) in [6.07, 6.45) is 3.59. The molecule has 0 radical (unpaired) electrons. The third-order valence-electron chi connectivity index (χ3n) is 1.20. The number of carbonyl (C=O) groups is 1. The Balaban J connectivity index is 3.61. The van der Waals surface area contributed by atoms with Crippen molar-refractivity contribution < 1.29 is 15.0 Å². The van der Waals surface area contributed by atoms with Gasteiger partial charge in [0.25, 0.3) is 0 Å². The Hall–Kier alpha value is -0.870. The van der Waals surface area contributed by atoms with Crippen LogP contribution in [0.15, 0.2) is 12.2 Å². The van der Waals surface area contributed by atoms with Gasteiger partial charge < -0.3 is 10.2 Å². The molecule has 11 heavy (non-hydrogen) atoms. The summed E-state index contributed by atoms with van der Waals surface area (Å²) in [5, 5.41) is 19.6. The van der Waals surface area contributed by atoms with Crippen LogP contribution in [0.25, 0.3) is 0 Å². The molecule has 0 bridgehead atoms. The summed E-state index contributed by atoms with van der Waals surface area (Å²) in [5.41, 5.74) is 0. The lowest BCUT2D eigenvalue weighted by atomic mass is 10.3. The molecule has 0 saturated heterocycles. The standard InChI is InChI=1S/C7H13NO3/c1-2-3-4-8-6(5-9)7(10)11/h2-3,6,8-9H,4-5H2,1H3,(H,10,11)/b3-2+/t6-/m0/s1. The monoisotopic (exact) mass is 159 g/mol. The van der Waals surface area contributed by atoms with E-state index in [0.717, 1.165) is 0 Å². The highest BCUT2D eigenvalue weighted by atomic mass is 16.4. The predicted octanol–water partition coefficient (Wildman–Crippen LogP) is -0.402. The molecule has 0 aliphatic carbocycles. The maximum Gasteiger partial charge on any atom is 0.323 e. The largest absolute Gasteiger partial charge is 0.480 e. The molecule has 0 aliphatic heterocycles. The van der Waals surface area contributed by atoms with Crippen molar-refractivity contribution >= 4 is 5.97 Å². The summed E-state index contributed by atoms with van der Waals surface area (Å²) >= 11 is 0. The molecule has 3 N–H and O–H groups in total. The third-order valence-corrected chi connectivity index (χ3v) is 1.20. The predicted molar refractivity (Wildman–Crippen MR) is 41.3 cm³/mol. The molecule has 0 aliphatic rings. The molecule has 0 rings (SSSR count). The number of hydrogen-bond donors (Lipinski definition) is 3. The first kappa shape index (κ1) is 10.1. The van der Waals surface area contributed by atoms with E-state index in [0.29, 0.717) is 6.54 Å². The fourth-order valence-corrected chi connectivity index (χ4v) is 0.558. The molecule has 64 valence electrons. The van der Waals surface area contributed by atoms with E-state index < -0.39 is 12.0 Å². The minimum absolute atomic E-state index is 0.382. The van der Waals surface area contributed by atoms with E-state index in [4.69, 9.17) is 10.2 Å². The molecule has 0 fully saturated rings. The van der Waals surface area contributed by atoms with Crippen LogP contribution in [0.4, 0.5) is 0 Å². The SMILES string of the molecule is C/C=C/CN[C@@H](CO)C(=O)O. The Morgan fingerprint density at radius 1 is 1.73 bits per heavy atom. The zero-order chi connectivity index (χ0) is 8.69. The number of carboxylic acid groups (broad SMARTS) is 1. The van der Waals surface area contributed by atoms with Crippen LogP contribution in [0.2, 0.25) is 0 Å². The second kappa shape index (κ2) is 5.88. The van der Waals surface area contributed by atoms with Gasteiger partial charge in [-0.25, -0.2) is 0 Å². The Labute approximate surface area is 65.5 Å². The summed E-state index contributed by atoms with van der Waals surface area (Å²) in [6, 6.07) is -0.855. The zero-order valence-electron chi connectivity index (χ0n) is 6.45. The first-order valence-electron chi connectivity index (χ1n) is 3.40. The molecule has 0 amide bonds. The van der Waals surface area contributed by atoms with Gasteiger partial charge in [0.1, 0.15) is 6.04 Å². The van der Waals surface area contributed by atoms with Crippen LogP contribution < -0.4 is 5.32 Å². The van der Waals surface area contributed by atoms with Crippen LogP contribution in [-0.2, 0) is 4.79 Å². The van der Waals surface area contributed by atoms with Gasteiger partial charge in [-0.15, -0.1) is 0 Å². The van der Waals surface area contributed by atoms with E-state index >= 15 is 0 Å². The van der Waals surface area contributed by atoms with Gasteiger partial charge >= 0.3 is 5.97 Å². The second-order valence-electron chi connectivity index (χ2n) is 2.05. The number of nitrogens with one attached hydrogen (secondary N) is 1. The molecule has 4 nitrogen and oxygen atoms in total. The Morgan fingerprint density at radius 2 is 2.36 bits per heavy atom. The summed E-state index contributed by atoms with van der Waals surface area (Å²) in [5.74, 6) is -1.03. The van der Waals surface area contributed by atoms with Crippen LogP contribution in [0, 0.1) is 0 Å². The van der Waals surface area contributed by atoms with E-state index in [9.17, 15) is 4.79 Å². The van der Waals surface area contributed by atoms with E-state index in [-0.39, 0.29) is 6.61 Å². The van der Waals surface area contributed by atoms with Crippen molar-refractivity contribution in [2.75, 3.05) is 13.2 Å². The van der Waals surface area contributed by atoms with Gasteiger partial charge in [0.05, 0.1) is 6.61 Å². The molecule has 4 heteroatoms. The second-order valence-corrected chi connectivity index (χ2v) is 2.05. The van der Waals surface area contributed by atoms with Gasteiger partial charge in [0.15, 0.2) is 0 Å². The number of hydrogen-bond acceptors (Lipinski definition) is 3. The van der Waals surface area contributed by atoms with Crippen LogP contribution in [0.3, 0.4) is 0 Å². The van der Waals surface area contributed by atoms with Crippen LogP contribution >= 0.6 is 0 Å². The van der Waals surface area contributed by atoms with Gasteiger partial charge in [0, 0.05) is 6.54 Å². The van der Waals surface area contributed by atoms with Crippen molar-refractivity contribution in [1.82, 2.24) is 5.32 Å². The third kappa shape index (κ3) is 4.52. The van der Waals surface area contributed by atoms with Crippen molar-refractivity contribution in [1.29, 1.82) is 0 Å². The number of aliphatic hydroxyl groups excluding tert-OH is 1. The summed E-state index contributed by atoms with van der Waals surface area (Å²) in [7, 11) is 0. The smallest absolute Gasteiger partial charge is 0.323 e. The number of carboxylic acids is 1. The fourth-order valence-electron chi connectivity index (χ4n) is 0.558. The van der Waals surface area contributed by atoms with E-state index in [2.05, 4.69) is 5.32 Å². The van der Waals surface area contributed by atoms with Gasteiger partial charge in [-0.3, -0.25) is 10.1 Å². The van der Waals surface area contributed by atoms with E-state index in [1.54, 1.807) is 6.08 Å².